The number of methoxy groups -OCH3 is 1. The number of fused-ring (bicyclic) bond motifs is 1. The molecule has 0 bridgehead atoms. The van der Waals surface area contributed by atoms with Crippen molar-refractivity contribution < 1.29 is 19.0 Å². The van der Waals surface area contributed by atoms with Gasteiger partial charge >= 0.3 is 0 Å². The molecule has 1 aliphatic heterocycles. The monoisotopic (exact) mass is 634 g/mol. The van der Waals surface area contributed by atoms with Gasteiger partial charge < -0.3 is 19.1 Å². The molecule has 2 heterocycles. The maximum absolute atomic E-state index is 13.4. The van der Waals surface area contributed by atoms with Crippen molar-refractivity contribution in [3.05, 3.63) is 61.0 Å². The maximum Gasteiger partial charge on any atom is 0.282 e. The lowest BCUT2D eigenvalue weighted by atomic mass is 10.2. The van der Waals surface area contributed by atoms with Crippen LogP contribution in [0.4, 0.5) is 0 Å². The Morgan fingerprint density at radius 1 is 1.19 bits per heavy atom. The molecule has 0 saturated carbocycles. The molecule has 0 N–H and O–H groups in total. The first-order valence-electron chi connectivity index (χ1n) is 12.0. The molecule has 0 unspecified atom stereocenters. The van der Waals surface area contributed by atoms with Crippen molar-refractivity contribution in [3.8, 4) is 11.5 Å². The number of unbranched alkanes of at least 4 members (excludes halogenated alkanes) is 1. The average molecular weight is 636 g/mol. The van der Waals surface area contributed by atoms with E-state index in [4.69, 9.17) is 19.2 Å². The molecular weight excluding hydrogens is 608 g/mol. The Morgan fingerprint density at radius 2 is 1.97 bits per heavy atom. The highest BCUT2D eigenvalue weighted by molar-refractivity contribution is 9.10. The van der Waals surface area contributed by atoms with E-state index in [1.807, 2.05) is 12.1 Å². The van der Waals surface area contributed by atoms with Crippen molar-refractivity contribution in [1.82, 2.24) is 14.6 Å². The number of halogens is 2. The second-order valence-corrected chi connectivity index (χ2v) is 10.3. The van der Waals surface area contributed by atoms with Crippen LogP contribution < -0.4 is 15.0 Å². The third-order valence-electron chi connectivity index (χ3n) is 5.91. The van der Waals surface area contributed by atoms with Crippen molar-refractivity contribution in [1.29, 1.82) is 0 Å². The van der Waals surface area contributed by atoms with E-state index in [0.29, 0.717) is 66.5 Å². The summed E-state index contributed by atoms with van der Waals surface area (Å²) in [6.07, 6.45) is 3.96. The Labute approximate surface area is 231 Å². The molecule has 0 atom stereocenters. The van der Waals surface area contributed by atoms with E-state index in [9.17, 15) is 9.59 Å². The number of morpholine rings is 1. The molecule has 1 aliphatic rings. The fourth-order valence-electron chi connectivity index (χ4n) is 3.96. The van der Waals surface area contributed by atoms with E-state index in [-0.39, 0.29) is 18.1 Å². The van der Waals surface area contributed by atoms with Gasteiger partial charge in [-0.15, -0.1) is 0 Å². The van der Waals surface area contributed by atoms with Gasteiger partial charge in [-0.3, -0.25) is 9.59 Å². The third kappa shape index (κ3) is 6.58. The van der Waals surface area contributed by atoms with Gasteiger partial charge in [0.1, 0.15) is 5.82 Å². The van der Waals surface area contributed by atoms with E-state index in [0.717, 1.165) is 21.8 Å². The van der Waals surface area contributed by atoms with Crippen LogP contribution in [0.15, 0.2) is 49.2 Å². The summed E-state index contributed by atoms with van der Waals surface area (Å²) in [5.74, 6) is 1.23. The maximum atomic E-state index is 13.4. The summed E-state index contributed by atoms with van der Waals surface area (Å²) in [5, 5.41) is 5.00. The van der Waals surface area contributed by atoms with Crippen LogP contribution in [0, 0.1) is 0 Å². The highest BCUT2D eigenvalue weighted by Gasteiger charge is 2.20. The Kier molecular flexibility index (Phi) is 9.33. The summed E-state index contributed by atoms with van der Waals surface area (Å²) >= 11 is 6.92. The number of aryl methyl sites for hydroxylation is 1. The smallest absolute Gasteiger partial charge is 0.282 e. The van der Waals surface area contributed by atoms with Gasteiger partial charge in [0.05, 0.1) is 37.4 Å². The topological polar surface area (TPSA) is 95.2 Å². The predicted molar refractivity (Wildman–Crippen MR) is 149 cm³/mol. The molecule has 1 saturated heterocycles. The van der Waals surface area contributed by atoms with Crippen molar-refractivity contribution in [2.45, 2.75) is 26.2 Å². The summed E-state index contributed by atoms with van der Waals surface area (Å²) in [6, 6.07) is 8.97. The molecule has 196 valence electrons. The zero-order chi connectivity index (χ0) is 26.4. The van der Waals surface area contributed by atoms with E-state index in [1.165, 1.54) is 18.0 Å². The lowest BCUT2D eigenvalue weighted by Gasteiger charge is -2.27. The lowest BCUT2D eigenvalue weighted by molar-refractivity contribution is -0.137. The molecule has 37 heavy (non-hydrogen) atoms. The number of benzene rings is 2. The predicted octanol–water partition coefficient (Wildman–Crippen LogP) is 4.39. The molecule has 4 rings (SSSR count). The molecule has 3 aromatic rings. The van der Waals surface area contributed by atoms with Crippen molar-refractivity contribution >= 4 is 54.9 Å². The second-order valence-electron chi connectivity index (χ2n) is 8.46. The van der Waals surface area contributed by atoms with Crippen LogP contribution in [0.2, 0.25) is 0 Å². The van der Waals surface area contributed by atoms with Crippen LogP contribution in [-0.2, 0) is 16.0 Å². The van der Waals surface area contributed by atoms with Crippen LogP contribution in [-0.4, -0.2) is 66.7 Å². The van der Waals surface area contributed by atoms with Crippen LogP contribution in [0.25, 0.3) is 10.9 Å². The zero-order valence-corrected chi connectivity index (χ0v) is 23.9. The number of aromatic nitrogens is 2. The number of rotatable bonds is 9. The minimum Gasteiger partial charge on any atom is -0.493 e. The fourth-order valence-corrected chi connectivity index (χ4v) is 4.77. The molecule has 1 fully saturated rings. The SMILES string of the molecule is CCCCc1nc2ccc(Br)cc2c(=O)n1N=Cc1cc(Br)cc(OC)c1OCC(=O)N1CCOCC1. The number of carbonyl (C=O) groups excluding carboxylic acids is 1. The van der Waals surface area contributed by atoms with E-state index in [1.54, 1.807) is 23.1 Å². The van der Waals surface area contributed by atoms with Crippen LogP contribution in [0.3, 0.4) is 0 Å². The van der Waals surface area contributed by atoms with Gasteiger partial charge in [0.15, 0.2) is 18.1 Å². The Balaban J connectivity index is 1.71. The largest absolute Gasteiger partial charge is 0.493 e. The summed E-state index contributed by atoms with van der Waals surface area (Å²) in [6.45, 7) is 4.00. The molecule has 11 heteroatoms. The summed E-state index contributed by atoms with van der Waals surface area (Å²) < 4.78 is 19.6. The summed E-state index contributed by atoms with van der Waals surface area (Å²) in [5.41, 5.74) is 0.907. The molecule has 0 radical (unpaired) electrons. The average Bonchev–Trinajstić information content (AvgIpc) is 2.91. The minimum absolute atomic E-state index is 0.140. The standard InChI is InChI=1S/C26H28Br2N4O5/c1-3-4-5-23-30-21-7-6-18(27)13-20(21)26(34)32(23)29-15-17-12-19(28)14-22(35-2)25(17)37-16-24(33)31-8-10-36-11-9-31/h6-7,12-15H,3-5,8-11,16H2,1-2H3. The normalized spacial score (nSPS) is 13.9. The molecule has 9 nitrogen and oxygen atoms in total. The fraction of sp³-hybridized carbons (Fsp3) is 0.385. The molecule has 2 aromatic carbocycles. The third-order valence-corrected chi connectivity index (χ3v) is 6.86. The first kappa shape index (κ1) is 27.3. The Morgan fingerprint density at radius 3 is 2.70 bits per heavy atom. The second kappa shape index (κ2) is 12.7. The van der Waals surface area contributed by atoms with Gasteiger partial charge in [-0.05, 0) is 36.8 Å². The number of ether oxygens (including phenoxy) is 3. The van der Waals surface area contributed by atoms with Gasteiger partial charge in [0, 0.05) is 34.0 Å². The summed E-state index contributed by atoms with van der Waals surface area (Å²) in [4.78, 5) is 32.5. The number of carbonyl (C=O) groups is 1. The van der Waals surface area contributed by atoms with E-state index < -0.39 is 0 Å². The van der Waals surface area contributed by atoms with Gasteiger partial charge in [-0.2, -0.15) is 9.78 Å². The Hall–Kier alpha value is -2.76. The summed E-state index contributed by atoms with van der Waals surface area (Å²) in [7, 11) is 1.53. The number of amides is 1. The van der Waals surface area contributed by atoms with Gasteiger partial charge in [-0.25, -0.2) is 4.98 Å². The quantitative estimate of drug-likeness (QED) is 0.324. The Bertz CT molecular complexity index is 1370. The zero-order valence-electron chi connectivity index (χ0n) is 20.7. The highest BCUT2D eigenvalue weighted by atomic mass is 79.9. The number of hydrogen-bond donors (Lipinski definition) is 0. The van der Waals surface area contributed by atoms with Crippen molar-refractivity contribution in [3.63, 3.8) is 0 Å². The number of nitrogens with zero attached hydrogens (tertiary/aromatic N) is 4. The van der Waals surface area contributed by atoms with E-state index in [2.05, 4.69) is 43.9 Å². The molecule has 1 aromatic heterocycles. The van der Waals surface area contributed by atoms with Crippen molar-refractivity contribution in [2.75, 3.05) is 40.0 Å². The van der Waals surface area contributed by atoms with E-state index >= 15 is 0 Å². The first-order valence-corrected chi connectivity index (χ1v) is 13.6. The molecule has 0 aliphatic carbocycles. The van der Waals surface area contributed by atoms with Crippen molar-refractivity contribution in [2.24, 2.45) is 5.10 Å². The van der Waals surface area contributed by atoms with Crippen LogP contribution in [0.5, 0.6) is 11.5 Å². The highest BCUT2D eigenvalue weighted by Crippen LogP contribution is 2.34. The number of hydrogen-bond acceptors (Lipinski definition) is 7. The van der Waals surface area contributed by atoms with Gasteiger partial charge in [0.2, 0.25) is 0 Å². The first-order chi connectivity index (χ1) is 17.9. The molecule has 0 spiro atoms. The van der Waals surface area contributed by atoms with Gasteiger partial charge in [-0.1, -0.05) is 45.2 Å². The molecular formula is C26H28Br2N4O5. The van der Waals surface area contributed by atoms with Crippen LogP contribution >= 0.6 is 31.9 Å². The lowest BCUT2D eigenvalue weighted by Crippen LogP contribution is -2.43. The van der Waals surface area contributed by atoms with Crippen LogP contribution in [0.1, 0.15) is 31.2 Å². The minimum atomic E-state index is -0.263. The molecule has 1 amide bonds. The van der Waals surface area contributed by atoms with Gasteiger partial charge in [0.25, 0.3) is 11.5 Å².